The second kappa shape index (κ2) is 37.0. The molecule has 1 unspecified atom stereocenters. The van der Waals surface area contributed by atoms with Gasteiger partial charge in [-0.3, -0.25) is 4.79 Å². The van der Waals surface area contributed by atoms with Crippen molar-refractivity contribution in [3.63, 3.8) is 0 Å². The Morgan fingerprint density at radius 3 is 1.02 bits per heavy atom. The standard InChI is InChI=1S/C46H84O2/c1-3-5-7-9-11-13-15-17-19-21-23-25-27-29-31-33-35-37-39-41-43-45-44(46(47)48-45)42-40-38-36-34-32-30-28-26-24-22-20-18-16-14-12-10-8-6-4-2/h21-24,43-44H,3-20,25-42H2,1-2H3/b23-21+,24-22+,45-43+. The summed E-state index contributed by atoms with van der Waals surface area (Å²) in [7, 11) is 0. The maximum Gasteiger partial charge on any atom is 0.321 e. The SMILES string of the molecule is CCCCCCCCCC/C=C/CCCCCCCCC/C=C1/OC(=O)C1CCCCCCCCC/C=C/CCCCCCCCCC. The molecule has 0 aromatic carbocycles. The van der Waals surface area contributed by atoms with Gasteiger partial charge in [0.1, 0.15) is 11.7 Å². The van der Waals surface area contributed by atoms with E-state index in [1.54, 1.807) is 0 Å². The van der Waals surface area contributed by atoms with Gasteiger partial charge in [0.05, 0.1) is 0 Å². The van der Waals surface area contributed by atoms with Crippen LogP contribution in [-0.2, 0) is 9.53 Å². The van der Waals surface area contributed by atoms with E-state index in [-0.39, 0.29) is 11.9 Å². The predicted molar refractivity (Wildman–Crippen MR) is 214 cm³/mol. The summed E-state index contributed by atoms with van der Waals surface area (Å²) in [6.07, 6.45) is 60.1. The maximum absolute atomic E-state index is 12.0. The minimum absolute atomic E-state index is 0.0136. The fourth-order valence-corrected chi connectivity index (χ4v) is 7.05. The van der Waals surface area contributed by atoms with Crippen molar-refractivity contribution in [3.05, 3.63) is 36.1 Å². The van der Waals surface area contributed by atoms with Crippen LogP contribution in [0.2, 0.25) is 0 Å². The van der Waals surface area contributed by atoms with E-state index in [0.29, 0.717) is 0 Å². The molecule has 1 heterocycles. The number of rotatable bonds is 38. The van der Waals surface area contributed by atoms with Crippen molar-refractivity contribution in [3.8, 4) is 0 Å². The first-order chi connectivity index (χ1) is 23.8. The van der Waals surface area contributed by atoms with Crippen LogP contribution in [0.3, 0.4) is 0 Å². The first-order valence-corrected chi connectivity index (χ1v) is 22.0. The van der Waals surface area contributed by atoms with Crippen LogP contribution >= 0.6 is 0 Å². The molecule has 0 amide bonds. The largest absolute Gasteiger partial charge is 0.430 e. The number of esters is 1. The fourth-order valence-electron chi connectivity index (χ4n) is 7.05. The molecule has 1 aliphatic rings. The lowest BCUT2D eigenvalue weighted by Gasteiger charge is -2.28. The quantitative estimate of drug-likeness (QED) is 0.0372. The van der Waals surface area contributed by atoms with E-state index in [9.17, 15) is 4.79 Å². The fraction of sp³-hybridized carbons (Fsp3) is 0.848. The van der Waals surface area contributed by atoms with Crippen molar-refractivity contribution in [2.75, 3.05) is 0 Å². The van der Waals surface area contributed by atoms with Gasteiger partial charge in [0.25, 0.3) is 0 Å². The third-order valence-corrected chi connectivity index (χ3v) is 10.4. The van der Waals surface area contributed by atoms with Crippen LogP contribution in [0.5, 0.6) is 0 Å². The highest BCUT2D eigenvalue weighted by Crippen LogP contribution is 2.32. The highest BCUT2D eigenvalue weighted by atomic mass is 16.6. The lowest BCUT2D eigenvalue weighted by Crippen LogP contribution is -2.32. The van der Waals surface area contributed by atoms with Gasteiger partial charge in [-0.05, 0) is 76.7 Å². The minimum atomic E-state index is 0.0136. The number of hydrogen-bond donors (Lipinski definition) is 0. The molecule has 2 heteroatoms. The molecule has 0 aromatic rings. The first-order valence-electron chi connectivity index (χ1n) is 22.0. The topological polar surface area (TPSA) is 26.3 Å². The van der Waals surface area contributed by atoms with Gasteiger partial charge >= 0.3 is 5.97 Å². The highest BCUT2D eigenvalue weighted by molar-refractivity contribution is 5.82. The summed E-state index contributed by atoms with van der Waals surface area (Å²) >= 11 is 0. The Morgan fingerprint density at radius 2 is 0.688 bits per heavy atom. The Balaban J connectivity index is 1.83. The van der Waals surface area contributed by atoms with Gasteiger partial charge in [-0.1, -0.05) is 199 Å². The molecule has 0 N–H and O–H groups in total. The van der Waals surface area contributed by atoms with Crippen LogP contribution in [0, 0.1) is 5.92 Å². The zero-order valence-electron chi connectivity index (χ0n) is 32.7. The van der Waals surface area contributed by atoms with E-state index in [0.717, 1.165) is 25.0 Å². The summed E-state index contributed by atoms with van der Waals surface area (Å²) in [4.78, 5) is 12.0. The highest BCUT2D eigenvalue weighted by Gasteiger charge is 2.36. The molecule has 1 aliphatic heterocycles. The van der Waals surface area contributed by atoms with Crippen molar-refractivity contribution in [1.29, 1.82) is 0 Å². The molecule has 0 spiro atoms. The summed E-state index contributed by atoms with van der Waals surface area (Å²) in [5, 5.41) is 0. The monoisotopic (exact) mass is 669 g/mol. The van der Waals surface area contributed by atoms with Crippen LogP contribution in [-0.4, -0.2) is 5.97 Å². The van der Waals surface area contributed by atoms with Gasteiger partial charge in [-0.25, -0.2) is 0 Å². The first kappa shape index (κ1) is 44.7. The molecule has 0 saturated carbocycles. The van der Waals surface area contributed by atoms with Crippen molar-refractivity contribution in [2.24, 2.45) is 5.92 Å². The van der Waals surface area contributed by atoms with Gasteiger partial charge in [0.2, 0.25) is 0 Å². The predicted octanol–water partition coefficient (Wildman–Crippen LogP) is 16.2. The smallest absolute Gasteiger partial charge is 0.321 e. The van der Waals surface area contributed by atoms with Crippen molar-refractivity contribution < 1.29 is 9.53 Å². The van der Waals surface area contributed by atoms with E-state index >= 15 is 0 Å². The van der Waals surface area contributed by atoms with Crippen LogP contribution in [0.1, 0.15) is 245 Å². The van der Waals surface area contributed by atoms with Gasteiger partial charge in [-0.15, -0.1) is 0 Å². The molecule has 48 heavy (non-hydrogen) atoms. The van der Waals surface area contributed by atoms with Crippen molar-refractivity contribution >= 4 is 5.97 Å². The lowest BCUT2D eigenvalue weighted by molar-refractivity contribution is -0.157. The number of cyclic esters (lactones) is 1. The van der Waals surface area contributed by atoms with Crippen LogP contribution in [0.4, 0.5) is 0 Å². The van der Waals surface area contributed by atoms with E-state index in [2.05, 4.69) is 44.2 Å². The van der Waals surface area contributed by atoms with Crippen LogP contribution < -0.4 is 0 Å². The number of unbranched alkanes of at least 4 members (excludes halogenated alkanes) is 31. The molecule has 2 nitrogen and oxygen atoms in total. The van der Waals surface area contributed by atoms with E-state index < -0.39 is 0 Å². The Kier molecular flexibility index (Phi) is 34.4. The number of ether oxygens (including phenoxy) is 1. The Morgan fingerprint density at radius 1 is 0.396 bits per heavy atom. The molecular weight excluding hydrogens is 585 g/mol. The van der Waals surface area contributed by atoms with E-state index in [1.165, 1.54) is 212 Å². The molecular formula is C46H84O2. The van der Waals surface area contributed by atoms with E-state index in [4.69, 9.17) is 4.74 Å². The molecule has 1 fully saturated rings. The van der Waals surface area contributed by atoms with Gasteiger partial charge in [0, 0.05) is 0 Å². The summed E-state index contributed by atoms with van der Waals surface area (Å²) in [6.45, 7) is 4.58. The van der Waals surface area contributed by atoms with Crippen molar-refractivity contribution in [2.45, 2.75) is 245 Å². The molecule has 0 radical (unpaired) electrons. The lowest BCUT2D eigenvalue weighted by atomic mass is 9.93. The molecule has 1 rings (SSSR count). The summed E-state index contributed by atoms with van der Waals surface area (Å²) in [5.74, 6) is 1.06. The van der Waals surface area contributed by atoms with Crippen LogP contribution in [0.15, 0.2) is 36.1 Å². The number of allylic oxidation sites excluding steroid dienone is 5. The Bertz CT molecular complexity index is 762. The summed E-state index contributed by atoms with van der Waals surface area (Å²) in [6, 6.07) is 0. The second-order valence-electron chi connectivity index (χ2n) is 15.2. The zero-order valence-corrected chi connectivity index (χ0v) is 32.7. The minimum Gasteiger partial charge on any atom is -0.430 e. The number of carbonyl (C=O) groups excluding carboxylic acids is 1. The summed E-state index contributed by atoms with van der Waals surface area (Å²) < 4.78 is 5.39. The van der Waals surface area contributed by atoms with Gasteiger partial charge in [-0.2, -0.15) is 0 Å². The number of carbonyl (C=O) groups is 1. The Labute approximate surface area is 301 Å². The maximum atomic E-state index is 12.0. The van der Waals surface area contributed by atoms with Crippen molar-refractivity contribution in [1.82, 2.24) is 0 Å². The normalized spacial score (nSPS) is 15.7. The van der Waals surface area contributed by atoms with Gasteiger partial charge < -0.3 is 4.74 Å². The molecule has 0 bridgehead atoms. The average Bonchev–Trinajstić information content (AvgIpc) is 3.09. The molecule has 0 aliphatic carbocycles. The molecule has 1 saturated heterocycles. The van der Waals surface area contributed by atoms with Gasteiger partial charge in [0.15, 0.2) is 0 Å². The van der Waals surface area contributed by atoms with Crippen LogP contribution in [0.25, 0.3) is 0 Å². The number of hydrogen-bond acceptors (Lipinski definition) is 2. The average molecular weight is 669 g/mol. The molecule has 0 aromatic heterocycles. The Hall–Kier alpha value is -1.31. The third kappa shape index (κ3) is 29.6. The zero-order chi connectivity index (χ0) is 34.4. The second-order valence-corrected chi connectivity index (χ2v) is 15.2. The van der Waals surface area contributed by atoms with E-state index in [1.807, 2.05) is 0 Å². The third-order valence-electron chi connectivity index (χ3n) is 10.4. The summed E-state index contributed by atoms with van der Waals surface area (Å²) in [5.41, 5.74) is 0. The molecule has 1 atom stereocenters. The molecule has 280 valence electrons.